The molecule has 0 heterocycles. The van der Waals surface area contributed by atoms with E-state index in [1.807, 2.05) is 0 Å². The van der Waals surface area contributed by atoms with Gasteiger partial charge in [-0.15, -0.1) is 0 Å². The quantitative estimate of drug-likeness (QED) is 0.693. The van der Waals surface area contributed by atoms with Gasteiger partial charge in [0.05, 0.1) is 0 Å². The maximum atomic E-state index is 11.8. The Morgan fingerprint density at radius 3 is 1.38 bits per heavy atom. The van der Waals surface area contributed by atoms with Gasteiger partial charge in [-0.1, -0.05) is 6.92 Å². The monoisotopic (exact) mass is 210 g/mol. The average molecular weight is 210 g/mol. The summed E-state index contributed by atoms with van der Waals surface area (Å²) >= 11 is 0. The fourth-order valence-corrected chi connectivity index (χ4v) is 0.936. The Labute approximate surface area is 70.4 Å². The zero-order valence-corrected chi connectivity index (χ0v) is 6.58. The molecule has 7 heteroatoms. The minimum Gasteiger partial charge on any atom is -0.396 e. The summed E-state index contributed by atoms with van der Waals surface area (Å²) in [6, 6.07) is 0. The second kappa shape index (κ2) is 3.73. The van der Waals surface area contributed by atoms with Crippen LogP contribution in [0.2, 0.25) is 0 Å². The maximum absolute atomic E-state index is 11.8. The van der Waals surface area contributed by atoms with Crippen LogP contribution in [-0.4, -0.2) is 24.1 Å². The van der Waals surface area contributed by atoms with Crippen LogP contribution in [0.4, 0.5) is 26.3 Å². The molecule has 0 aliphatic heterocycles. The first kappa shape index (κ1) is 12.5. The van der Waals surface area contributed by atoms with E-state index in [0.717, 1.165) is 0 Å². The highest BCUT2D eigenvalue weighted by Gasteiger charge is 2.58. The molecule has 1 nitrogen and oxygen atoms in total. The highest BCUT2D eigenvalue weighted by molar-refractivity contribution is 4.79. The van der Waals surface area contributed by atoms with Crippen molar-refractivity contribution < 1.29 is 31.4 Å². The van der Waals surface area contributed by atoms with E-state index >= 15 is 0 Å². The van der Waals surface area contributed by atoms with Gasteiger partial charge in [-0.3, -0.25) is 0 Å². The van der Waals surface area contributed by atoms with Gasteiger partial charge in [0.15, 0.2) is 5.92 Å². The maximum Gasteiger partial charge on any atom is 0.400 e. The van der Waals surface area contributed by atoms with Crippen LogP contribution in [0.3, 0.4) is 0 Å². The molecule has 0 aromatic heterocycles. The van der Waals surface area contributed by atoms with Gasteiger partial charge in [0.25, 0.3) is 0 Å². The second-order valence-electron chi connectivity index (χ2n) is 2.72. The van der Waals surface area contributed by atoms with Crippen LogP contribution in [0.1, 0.15) is 6.92 Å². The summed E-state index contributed by atoms with van der Waals surface area (Å²) in [4.78, 5) is 0. The number of hydrogen-bond donors (Lipinski definition) is 1. The van der Waals surface area contributed by atoms with Gasteiger partial charge in [-0.25, -0.2) is 0 Å². The van der Waals surface area contributed by atoms with E-state index < -0.39 is 30.8 Å². The molecule has 0 aliphatic rings. The van der Waals surface area contributed by atoms with Crippen LogP contribution in [0.25, 0.3) is 0 Å². The fourth-order valence-electron chi connectivity index (χ4n) is 0.936. The molecule has 0 aliphatic carbocycles. The lowest BCUT2D eigenvalue weighted by atomic mass is 9.93. The van der Waals surface area contributed by atoms with Gasteiger partial charge in [0.2, 0.25) is 0 Å². The van der Waals surface area contributed by atoms with Crippen LogP contribution < -0.4 is 0 Å². The van der Waals surface area contributed by atoms with Crippen molar-refractivity contribution in [2.75, 3.05) is 6.61 Å². The first-order valence-corrected chi connectivity index (χ1v) is 3.35. The number of aliphatic hydroxyl groups is 1. The molecule has 0 radical (unpaired) electrons. The first-order chi connectivity index (χ1) is 5.60. The van der Waals surface area contributed by atoms with E-state index in [4.69, 9.17) is 5.11 Å². The molecule has 80 valence electrons. The smallest absolute Gasteiger partial charge is 0.396 e. The molecular formula is C6H8F6O. The summed E-state index contributed by atoms with van der Waals surface area (Å²) < 4.78 is 70.9. The van der Waals surface area contributed by atoms with Crippen molar-refractivity contribution in [1.82, 2.24) is 0 Å². The van der Waals surface area contributed by atoms with Crippen molar-refractivity contribution >= 4 is 0 Å². The van der Waals surface area contributed by atoms with Crippen molar-refractivity contribution in [2.24, 2.45) is 11.8 Å². The van der Waals surface area contributed by atoms with Crippen molar-refractivity contribution in [3.63, 3.8) is 0 Å². The largest absolute Gasteiger partial charge is 0.400 e. The Hall–Kier alpha value is -0.460. The van der Waals surface area contributed by atoms with Crippen LogP contribution in [0.15, 0.2) is 0 Å². The minimum atomic E-state index is -5.36. The molecular weight excluding hydrogens is 202 g/mol. The van der Waals surface area contributed by atoms with E-state index in [-0.39, 0.29) is 0 Å². The summed E-state index contributed by atoms with van der Waals surface area (Å²) in [6.45, 7) is -0.449. The number of hydrogen-bond acceptors (Lipinski definition) is 1. The predicted octanol–water partition coefficient (Wildman–Crippen LogP) is 2.36. The SMILES string of the molecule is CC(CO)C(C(F)(F)F)C(F)(F)F. The summed E-state index contributed by atoms with van der Waals surface area (Å²) in [5, 5.41) is 8.23. The molecule has 0 fully saturated rings. The lowest BCUT2D eigenvalue weighted by Crippen LogP contribution is -2.42. The minimum absolute atomic E-state index is 0.700. The average Bonchev–Trinajstić information content (AvgIpc) is 1.80. The molecule has 0 aromatic carbocycles. The molecule has 0 spiro atoms. The van der Waals surface area contributed by atoms with E-state index in [0.29, 0.717) is 6.92 Å². The number of halogens is 6. The predicted molar refractivity (Wildman–Crippen MR) is 31.8 cm³/mol. The first-order valence-electron chi connectivity index (χ1n) is 3.35. The van der Waals surface area contributed by atoms with Gasteiger partial charge in [0.1, 0.15) is 0 Å². The van der Waals surface area contributed by atoms with E-state index in [1.165, 1.54) is 0 Å². The number of rotatable bonds is 2. The Bertz CT molecular complexity index is 145. The molecule has 0 aromatic rings. The zero-order chi connectivity index (χ0) is 10.9. The van der Waals surface area contributed by atoms with Crippen molar-refractivity contribution in [3.05, 3.63) is 0 Å². The van der Waals surface area contributed by atoms with Crippen LogP contribution in [0, 0.1) is 11.8 Å². The Balaban J connectivity index is 4.78. The Morgan fingerprint density at radius 2 is 1.31 bits per heavy atom. The van der Waals surface area contributed by atoms with Crippen molar-refractivity contribution in [2.45, 2.75) is 19.3 Å². The summed E-state index contributed by atoms with van der Waals surface area (Å²) in [6.07, 6.45) is -10.7. The number of aliphatic hydroxyl groups excluding tert-OH is 1. The van der Waals surface area contributed by atoms with Gasteiger partial charge >= 0.3 is 12.4 Å². The van der Waals surface area contributed by atoms with Crippen LogP contribution >= 0.6 is 0 Å². The molecule has 0 amide bonds. The second-order valence-corrected chi connectivity index (χ2v) is 2.72. The number of alkyl halides is 6. The third-order valence-corrected chi connectivity index (χ3v) is 1.56. The summed E-state index contributed by atoms with van der Waals surface area (Å²) in [5.41, 5.74) is 0. The van der Waals surface area contributed by atoms with Gasteiger partial charge in [-0.2, -0.15) is 26.3 Å². The standard InChI is InChI=1S/C6H8F6O/c1-3(2-13)4(5(7,8)9)6(10,11)12/h3-4,13H,2H2,1H3. The Morgan fingerprint density at radius 1 is 1.00 bits per heavy atom. The van der Waals surface area contributed by atoms with Gasteiger partial charge < -0.3 is 5.11 Å². The van der Waals surface area contributed by atoms with Gasteiger partial charge in [-0.05, 0) is 5.92 Å². The molecule has 0 saturated heterocycles. The van der Waals surface area contributed by atoms with Crippen LogP contribution in [-0.2, 0) is 0 Å². The van der Waals surface area contributed by atoms with E-state index in [2.05, 4.69) is 0 Å². The molecule has 1 atom stereocenters. The molecule has 0 saturated carbocycles. The summed E-state index contributed by atoms with van der Waals surface area (Å²) in [5.74, 6) is -5.33. The van der Waals surface area contributed by atoms with Gasteiger partial charge in [0, 0.05) is 6.61 Å². The zero-order valence-electron chi connectivity index (χ0n) is 6.58. The molecule has 1 unspecified atom stereocenters. The van der Waals surface area contributed by atoms with E-state index in [1.54, 1.807) is 0 Å². The fraction of sp³-hybridized carbons (Fsp3) is 1.00. The topological polar surface area (TPSA) is 20.2 Å². The Kier molecular flexibility index (Phi) is 3.60. The lowest BCUT2D eigenvalue weighted by molar-refractivity contribution is -0.299. The molecule has 13 heavy (non-hydrogen) atoms. The van der Waals surface area contributed by atoms with Crippen LogP contribution in [0.5, 0.6) is 0 Å². The molecule has 1 N–H and O–H groups in total. The van der Waals surface area contributed by atoms with Crippen molar-refractivity contribution in [3.8, 4) is 0 Å². The third-order valence-electron chi connectivity index (χ3n) is 1.56. The lowest BCUT2D eigenvalue weighted by Gasteiger charge is -2.26. The third kappa shape index (κ3) is 3.41. The highest BCUT2D eigenvalue weighted by atomic mass is 19.4. The highest BCUT2D eigenvalue weighted by Crippen LogP contribution is 2.43. The van der Waals surface area contributed by atoms with E-state index in [9.17, 15) is 26.3 Å². The normalized spacial score (nSPS) is 16.4. The molecule has 0 bridgehead atoms. The summed E-state index contributed by atoms with van der Waals surface area (Å²) in [7, 11) is 0. The molecule has 0 rings (SSSR count). The van der Waals surface area contributed by atoms with Crippen molar-refractivity contribution in [1.29, 1.82) is 0 Å².